The molecule has 0 aliphatic carbocycles. The van der Waals surface area contributed by atoms with Crippen LogP contribution in [0.2, 0.25) is 0 Å². The summed E-state index contributed by atoms with van der Waals surface area (Å²) in [5.74, 6) is -0.979. The van der Waals surface area contributed by atoms with Crippen molar-refractivity contribution >= 4 is 51.3 Å². The Morgan fingerprint density at radius 1 is 1.24 bits per heavy atom. The average Bonchev–Trinajstić information content (AvgIpc) is 3.48. The standard InChI is InChI=1S/C19H15N3O4S3/c1-26-11-7-5-10(6-8-11)14-13(15(23)12-4-3-9-28-12)16(24)17(25)22(14)18-20-21-19(27-2)29-18/h3-9,14,24H,1-2H3. The van der Waals surface area contributed by atoms with Gasteiger partial charge in [-0.1, -0.05) is 41.3 Å². The van der Waals surface area contributed by atoms with Crippen molar-refractivity contribution in [3.63, 3.8) is 0 Å². The van der Waals surface area contributed by atoms with Crippen LogP contribution in [0.25, 0.3) is 0 Å². The minimum atomic E-state index is -0.814. The lowest BCUT2D eigenvalue weighted by Crippen LogP contribution is -2.31. The van der Waals surface area contributed by atoms with Gasteiger partial charge in [0.15, 0.2) is 10.1 Å². The highest BCUT2D eigenvalue weighted by atomic mass is 32.2. The largest absolute Gasteiger partial charge is 0.503 e. The van der Waals surface area contributed by atoms with Crippen LogP contribution in [0, 0.1) is 0 Å². The zero-order valence-electron chi connectivity index (χ0n) is 15.4. The highest BCUT2D eigenvalue weighted by molar-refractivity contribution is 8.00. The van der Waals surface area contributed by atoms with Crippen LogP contribution in [0.4, 0.5) is 5.13 Å². The van der Waals surface area contributed by atoms with E-state index in [0.717, 1.165) is 0 Å². The van der Waals surface area contributed by atoms with Gasteiger partial charge >= 0.3 is 0 Å². The van der Waals surface area contributed by atoms with E-state index in [-0.39, 0.29) is 11.4 Å². The van der Waals surface area contributed by atoms with Crippen molar-refractivity contribution < 1.29 is 19.4 Å². The topological polar surface area (TPSA) is 92.6 Å². The number of methoxy groups -OCH3 is 1. The van der Waals surface area contributed by atoms with E-state index in [0.29, 0.717) is 25.7 Å². The van der Waals surface area contributed by atoms with Crippen LogP contribution in [0.15, 0.2) is 57.5 Å². The van der Waals surface area contributed by atoms with Crippen molar-refractivity contribution in [1.29, 1.82) is 0 Å². The number of hydrogen-bond donors (Lipinski definition) is 1. The van der Waals surface area contributed by atoms with Crippen LogP contribution < -0.4 is 9.64 Å². The lowest BCUT2D eigenvalue weighted by Gasteiger charge is -2.24. The fourth-order valence-electron chi connectivity index (χ4n) is 3.06. The first-order valence-corrected chi connectivity index (χ1v) is 11.3. The Morgan fingerprint density at radius 2 is 2.00 bits per heavy atom. The number of rotatable bonds is 6. The minimum Gasteiger partial charge on any atom is -0.503 e. The first-order valence-electron chi connectivity index (χ1n) is 8.41. The van der Waals surface area contributed by atoms with E-state index in [4.69, 9.17) is 4.74 Å². The van der Waals surface area contributed by atoms with Gasteiger partial charge in [-0.05, 0) is 35.4 Å². The number of carbonyl (C=O) groups excluding carboxylic acids is 2. The summed E-state index contributed by atoms with van der Waals surface area (Å²) in [4.78, 5) is 27.9. The summed E-state index contributed by atoms with van der Waals surface area (Å²) in [7, 11) is 1.56. The van der Waals surface area contributed by atoms with E-state index >= 15 is 0 Å². The van der Waals surface area contributed by atoms with Crippen LogP contribution in [-0.4, -0.2) is 40.4 Å². The molecular formula is C19H15N3O4S3. The number of nitrogens with zero attached hydrogens (tertiary/aromatic N) is 3. The van der Waals surface area contributed by atoms with E-state index in [1.54, 1.807) is 48.9 Å². The lowest BCUT2D eigenvalue weighted by molar-refractivity contribution is -0.117. The molecule has 2 aromatic heterocycles. The molecule has 1 N–H and O–H groups in total. The molecule has 4 rings (SSSR count). The Kier molecular flexibility index (Phi) is 5.39. The van der Waals surface area contributed by atoms with Crippen LogP contribution in [-0.2, 0) is 4.79 Å². The van der Waals surface area contributed by atoms with E-state index in [1.807, 2.05) is 6.26 Å². The molecule has 0 fully saturated rings. The monoisotopic (exact) mass is 445 g/mol. The maximum Gasteiger partial charge on any atom is 0.296 e. The molecule has 1 aliphatic rings. The van der Waals surface area contributed by atoms with Crippen molar-refractivity contribution in [3.8, 4) is 5.75 Å². The van der Waals surface area contributed by atoms with Crippen LogP contribution in [0.3, 0.4) is 0 Å². The summed E-state index contributed by atoms with van der Waals surface area (Å²) in [5.41, 5.74) is 0.688. The number of anilines is 1. The number of carbonyl (C=O) groups is 2. The quantitative estimate of drug-likeness (QED) is 0.347. The van der Waals surface area contributed by atoms with Gasteiger partial charge in [0.1, 0.15) is 5.75 Å². The number of thiophene rings is 1. The maximum absolute atomic E-state index is 13.2. The van der Waals surface area contributed by atoms with Gasteiger partial charge in [0.25, 0.3) is 5.91 Å². The molecule has 10 heteroatoms. The van der Waals surface area contributed by atoms with E-state index < -0.39 is 17.7 Å². The second-order valence-electron chi connectivity index (χ2n) is 5.97. The zero-order chi connectivity index (χ0) is 20.5. The highest BCUT2D eigenvalue weighted by Gasteiger charge is 2.46. The number of aliphatic hydroxyl groups is 1. The van der Waals surface area contributed by atoms with Gasteiger partial charge in [-0.25, -0.2) is 0 Å². The maximum atomic E-state index is 13.2. The first-order chi connectivity index (χ1) is 14.0. The van der Waals surface area contributed by atoms with Gasteiger partial charge in [-0.15, -0.1) is 21.5 Å². The summed E-state index contributed by atoms with van der Waals surface area (Å²) in [6.45, 7) is 0. The molecule has 1 amide bonds. The summed E-state index contributed by atoms with van der Waals surface area (Å²) in [6.07, 6.45) is 1.86. The predicted octanol–water partition coefficient (Wildman–Crippen LogP) is 4.11. The molecule has 148 valence electrons. The van der Waals surface area contributed by atoms with Gasteiger partial charge < -0.3 is 9.84 Å². The molecule has 29 heavy (non-hydrogen) atoms. The first kappa shape index (κ1) is 19.6. The van der Waals surface area contributed by atoms with Crippen molar-refractivity contribution in [2.75, 3.05) is 18.3 Å². The molecule has 0 radical (unpaired) electrons. The van der Waals surface area contributed by atoms with Crippen LogP contribution >= 0.6 is 34.4 Å². The molecule has 0 saturated carbocycles. The second kappa shape index (κ2) is 7.97. The van der Waals surface area contributed by atoms with Gasteiger partial charge in [0, 0.05) is 0 Å². The molecule has 0 saturated heterocycles. The molecule has 1 atom stereocenters. The Bertz CT molecular complexity index is 1090. The molecule has 7 nitrogen and oxygen atoms in total. The normalized spacial score (nSPS) is 16.6. The van der Waals surface area contributed by atoms with E-state index in [2.05, 4.69) is 10.2 Å². The van der Waals surface area contributed by atoms with Crippen molar-refractivity contribution in [2.24, 2.45) is 0 Å². The fourth-order valence-corrected chi connectivity index (χ4v) is 5.02. The SMILES string of the molecule is COc1ccc(C2C(C(=O)c3cccs3)=C(O)C(=O)N2c2nnc(SC)s2)cc1. The van der Waals surface area contributed by atoms with Gasteiger partial charge in [0.2, 0.25) is 10.9 Å². The smallest absolute Gasteiger partial charge is 0.296 e. The third-order valence-electron chi connectivity index (χ3n) is 4.41. The third-order valence-corrected chi connectivity index (χ3v) is 7.17. The predicted molar refractivity (Wildman–Crippen MR) is 113 cm³/mol. The fraction of sp³-hybridized carbons (Fsp3) is 0.158. The molecule has 1 aromatic carbocycles. The van der Waals surface area contributed by atoms with Crippen LogP contribution in [0.5, 0.6) is 5.75 Å². The number of ketones is 1. The molecule has 0 spiro atoms. The summed E-state index contributed by atoms with van der Waals surface area (Å²) in [6, 6.07) is 9.62. The summed E-state index contributed by atoms with van der Waals surface area (Å²) >= 11 is 3.89. The third kappa shape index (κ3) is 3.43. The number of ether oxygens (including phenoxy) is 1. The van der Waals surface area contributed by atoms with E-state index in [1.165, 1.54) is 39.3 Å². The van der Waals surface area contributed by atoms with Gasteiger partial charge in [0.05, 0.1) is 23.6 Å². The molecule has 3 aromatic rings. The van der Waals surface area contributed by atoms with Gasteiger partial charge in [-0.2, -0.15) is 0 Å². The molecule has 1 aliphatic heterocycles. The number of Topliss-reactive ketones (excluding diaryl/α,β-unsaturated/α-hetero) is 1. The summed E-state index contributed by atoms with van der Waals surface area (Å²) < 4.78 is 5.89. The molecular weight excluding hydrogens is 430 g/mol. The number of aromatic nitrogens is 2. The Labute approximate surface area is 178 Å². The number of hydrogen-bond acceptors (Lipinski definition) is 9. The minimum absolute atomic E-state index is 0.0310. The van der Waals surface area contributed by atoms with E-state index in [9.17, 15) is 14.7 Å². The highest BCUT2D eigenvalue weighted by Crippen LogP contribution is 2.44. The van der Waals surface area contributed by atoms with Crippen LogP contribution in [0.1, 0.15) is 21.3 Å². The van der Waals surface area contributed by atoms with Crippen molar-refractivity contribution in [2.45, 2.75) is 10.4 Å². The molecule has 3 heterocycles. The number of benzene rings is 1. The zero-order valence-corrected chi connectivity index (χ0v) is 17.8. The molecule has 0 bridgehead atoms. The number of aliphatic hydroxyl groups excluding tert-OH is 1. The van der Waals surface area contributed by atoms with Gasteiger partial charge in [-0.3, -0.25) is 14.5 Å². The number of amides is 1. The molecule has 1 unspecified atom stereocenters. The van der Waals surface area contributed by atoms with Crippen molar-refractivity contribution in [1.82, 2.24) is 10.2 Å². The Hall–Kier alpha value is -2.69. The number of thioether (sulfide) groups is 1. The Balaban J connectivity index is 1.85. The van der Waals surface area contributed by atoms with Crippen molar-refractivity contribution in [3.05, 3.63) is 63.6 Å². The lowest BCUT2D eigenvalue weighted by atomic mass is 9.95. The average molecular weight is 446 g/mol. The Morgan fingerprint density at radius 3 is 2.59 bits per heavy atom. The second-order valence-corrected chi connectivity index (χ2v) is 8.93. The summed E-state index contributed by atoms with van der Waals surface area (Å²) in [5, 5.41) is 20.9.